The molecule has 2 nitrogen and oxygen atoms in total. The van der Waals surface area contributed by atoms with Crippen LogP contribution in [0.4, 0.5) is 5.69 Å². The van der Waals surface area contributed by atoms with Crippen LogP contribution in [0.3, 0.4) is 0 Å². The molecule has 0 radical (unpaired) electrons. The van der Waals surface area contributed by atoms with Crippen LogP contribution >= 0.6 is 0 Å². The third-order valence-electron chi connectivity index (χ3n) is 5.00. The summed E-state index contributed by atoms with van der Waals surface area (Å²) >= 11 is 0. The fraction of sp³-hybridized carbons (Fsp3) is 0.286. The van der Waals surface area contributed by atoms with Crippen LogP contribution in [0, 0.1) is 5.92 Å². The fourth-order valence-corrected chi connectivity index (χ4v) is 3.86. The summed E-state index contributed by atoms with van der Waals surface area (Å²) < 4.78 is 0. The summed E-state index contributed by atoms with van der Waals surface area (Å²) in [6.07, 6.45) is 6.96. The molecule has 116 valence electrons. The average molecular weight is 303 g/mol. The first kappa shape index (κ1) is 14.3. The molecule has 2 aromatic carbocycles. The maximum absolute atomic E-state index is 12.9. The summed E-state index contributed by atoms with van der Waals surface area (Å²) in [6, 6.07) is 20.6. The molecule has 23 heavy (non-hydrogen) atoms. The van der Waals surface area contributed by atoms with Gasteiger partial charge in [-0.1, -0.05) is 60.2 Å². The highest BCUT2D eigenvalue weighted by molar-refractivity contribution is 6.05. The van der Waals surface area contributed by atoms with Gasteiger partial charge in [0.2, 0.25) is 5.91 Å². The molecule has 2 aliphatic rings. The molecule has 1 saturated heterocycles. The molecule has 1 amide bonds. The summed E-state index contributed by atoms with van der Waals surface area (Å²) in [6.45, 7) is 0. The third-order valence-corrected chi connectivity index (χ3v) is 5.00. The number of carbonyl (C=O) groups is 1. The number of para-hydroxylation sites is 1. The highest BCUT2D eigenvalue weighted by atomic mass is 16.2. The molecule has 0 bridgehead atoms. The highest BCUT2D eigenvalue weighted by Gasteiger charge is 2.50. The van der Waals surface area contributed by atoms with Gasteiger partial charge in [0, 0.05) is 5.69 Å². The van der Waals surface area contributed by atoms with E-state index in [0.717, 1.165) is 18.5 Å². The lowest BCUT2D eigenvalue weighted by atomic mass is 9.74. The number of amides is 1. The third kappa shape index (κ3) is 2.48. The van der Waals surface area contributed by atoms with Crippen LogP contribution in [0.1, 0.15) is 37.3 Å². The summed E-state index contributed by atoms with van der Waals surface area (Å²) in [4.78, 5) is 14.9. The minimum Gasteiger partial charge on any atom is -0.303 e. The van der Waals surface area contributed by atoms with E-state index in [1.165, 1.54) is 24.0 Å². The number of allylic oxidation sites excluding steroid dienone is 1. The van der Waals surface area contributed by atoms with Crippen molar-refractivity contribution >= 4 is 11.6 Å². The monoisotopic (exact) mass is 303 g/mol. The molecule has 0 spiro atoms. The van der Waals surface area contributed by atoms with E-state index in [-0.39, 0.29) is 17.9 Å². The van der Waals surface area contributed by atoms with Crippen molar-refractivity contribution in [2.75, 3.05) is 4.90 Å². The van der Waals surface area contributed by atoms with Crippen LogP contribution in [0.25, 0.3) is 0 Å². The smallest absolute Gasteiger partial charge is 0.237 e. The molecular weight excluding hydrogens is 282 g/mol. The normalized spacial score (nSPS) is 24.1. The zero-order valence-corrected chi connectivity index (χ0v) is 13.2. The van der Waals surface area contributed by atoms with Gasteiger partial charge in [0.15, 0.2) is 0 Å². The Bertz CT molecular complexity index is 720. The second-order valence-corrected chi connectivity index (χ2v) is 6.40. The van der Waals surface area contributed by atoms with Gasteiger partial charge < -0.3 is 4.90 Å². The van der Waals surface area contributed by atoms with Crippen molar-refractivity contribution in [2.24, 2.45) is 5.92 Å². The van der Waals surface area contributed by atoms with E-state index >= 15 is 0 Å². The van der Waals surface area contributed by atoms with Crippen LogP contribution in [0.15, 0.2) is 72.3 Å². The van der Waals surface area contributed by atoms with Crippen molar-refractivity contribution in [3.63, 3.8) is 0 Å². The largest absolute Gasteiger partial charge is 0.303 e. The van der Waals surface area contributed by atoms with Gasteiger partial charge in [0.1, 0.15) is 0 Å². The van der Waals surface area contributed by atoms with E-state index in [2.05, 4.69) is 30.3 Å². The van der Waals surface area contributed by atoms with E-state index in [1.54, 1.807) is 0 Å². The quantitative estimate of drug-likeness (QED) is 0.584. The molecule has 2 atom stereocenters. The van der Waals surface area contributed by atoms with Gasteiger partial charge in [-0.3, -0.25) is 4.79 Å². The fourth-order valence-electron chi connectivity index (χ4n) is 3.86. The molecule has 0 saturated carbocycles. The van der Waals surface area contributed by atoms with E-state index in [4.69, 9.17) is 0 Å². The van der Waals surface area contributed by atoms with E-state index in [1.807, 2.05) is 41.3 Å². The number of hydrogen-bond donors (Lipinski definition) is 0. The molecular formula is C21H21NO. The summed E-state index contributed by atoms with van der Waals surface area (Å²) in [5.41, 5.74) is 3.58. The zero-order valence-electron chi connectivity index (χ0n) is 13.2. The molecule has 0 N–H and O–H groups in total. The second kappa shape index (κ2) is 6.04. The molecule has 2 aromatic rings. The summed E-state index contributed by atoms with van der Waals surface area (Å²) in [7, 11) is 0. The van der Waals surface area contributed by atoms with Crippen LogP contribution < -0.4 is 4.90 Å². The molecule has 2 heteroatoms. The predicted octanol–water partition coefficient (Wildman–Crippen LogP) is 4.89. The van der Waals surface area contributed by atoms with E-state index < -0.39 is 0 Å². The SMILES string of the molecule is O=C1[C@H](C2=CCCCC2)[C@H](c2ccccc2)N1c1ccccc1. The van der Waals surface area contributed by atoms with Gasteiger partial charge in [-0.15, -0.1) is 0 Å². The minimum atomic E-state index is 0.0258. The topological polar surface area (TPSA) is 20.3 Å². The molecule has 0 unspecified atom stereocenters. The Morgan fingerprint density at radius 2 is 1.57 bits per heavy atom. The van der Waals surface area contributed by atoms with Crippen LogP contribution in [0.2, 0.25) is 0 Å². The maximum Gasteiger partial charge on any atom is 0.237 e. The number of nitrogens with zero attached hydrogens (tertiary/aromatic N) is 1. The van der Waals surface area contributed by atoms with Crippen molar-refractivity contribution in [2.45, 2.75) is 31.7 Å². The number of hydrogen-bond acceptors (Lipinski definition) is 1. The first-order chi connectivity index (χ1) is 11.4. The lowest BCUT2D eigenvalue weighted by Gasteiger charge is -2.49. The second-order valence-electron chi connectivity index (χ2n) is 6.40. The Labute approximate surface area is 137 Å². The highest BCUT2D eigenvalue weighted by Crippen LogP contribution is 2.48. The van der Waals surface area contributed by atoms with Gasteiger partial charge in [0.25, 0.3) is 0 Å². The molecule has 1 aliphatic heterocycles. The van der Waals surface area contributed by atoms with Crippen molar-refractivity contribution < 1.29 is 4.79 Å². The number of β-lactam (4-membered cyclic amide) rings is 1. The Balaban J connectivity index is 1.73. The zero-order chi connectivity index (χ0) is 15.6. The molecule has 4 rings (SSSR count). The lowest BCUT2D eigenvalue weighted by molar-refractivity contribution is -0.128. The number of anilines is 1. The van der Waals surface area contributed by atoms with Crippen molar-refractivity contribution in [3.8, 4) is 0 Å². The molecule has 1 fully saturated rings. The van der Waals surface area contributed by atoms with Gasteiger partial charge in [-0.05, 0) is 43.4 Å². The Morgan fingerprint density at radius 1 is 0.870 bits per heavy atom. The molecule has 1 heterocycles. The minimum absolute atomic E-state index is 0.0258. The van der Waals surface area contributed by atoms with Crippen LogP contribution in [-0.4, -0.2) is 5.91 Å². The summed E-state index contributed by atoms with van der Waals surface area (Å²) in [5, 5.41) is 0. The molecule has 0 aromatic heterocycles. The maximum atomic E-state index is 12.9. The van der Waals surface area contributed by atoms with E-state index in [0.29, 0.717) is 0 Å². The van der Waals surface area contributed by atoms with Gasteiger partial charge in [-0.2, -0.15) is 0 Å². The van der Waals surface area contributed by atoms with E-state index in [9.17, 15) is 4.79 Å². The number of benzene rings is 2. The Morgan fingerprint density at radius 3 is 2.22 bits per heavy atom. The van der Waals surface area contributed by atoms with Gasteiger partial charge >= 0.3 is 0 Å². The lowest BCUT2D eigenvalue weighted by Crippen LogP contribution is -2.56. The van der Waals surface area contributed by atoms with Crippen LogP contribution in [-0.2, 0) is 4.79 Å². The van der Waals surface area contributed by atoms with Gasteiger partial charge in [-0.25, -0.2) is 0 Å². The predicted molar refractivity (Wildman–Crippen MR) is 93.2 cm³/mol. The standard InChI is InChI=1S/C21H21NO/c23-21-19(16-10-4-1-5-11-16)20(17-12-6-2-7-13-17)22(21)18-14-8-3-9-15-18/h2-3,6-10,12-15,19-20H,1,4-5,11H2/t19-,20+/m1/s1. The first-order valence-corrected chi connectivity index (χ1v) is 8.48. The first-order valence-electron chi connectivity index (χ1n) is 8.48. The van der Waals surface area contributed by atoms with Crippen molar-refractivity contribution in [3.05, 3.63) is 77.9 Å². The number of carbonyl (C=O) groups excluding carboxylic acids is 1. The number of rotatable bonds is 3. The molecule has 1 aliphatic carbocycles. The average Bonchev–Trinajstić information content (AvgIpc) is 2.62. The summed E-state index contributed by atoms with van der Waals surface area (Å²) in [5.74, 6) is 0.274. The Kier molecular flexibility index (Phi) is 3.74. The van der Waals surface area contributed by atoms with Crippen molar-refractivity contribution in [1.82, 2.24) is 0 Å². The Hall–Kier alpha value is -2.35. The van der Waals surface area contributed by atoms with Gasteiger partial charge in [0.05, 0.1) is 12.0 Å². The van der Waals surface area contributed by atoms with Crippen LogP contribution in [0.5, 0.6) is 0 Å². The van der Waals surface area contributed by atoms with Crippen molar-refractivity contribution in [1.29, 1.82) is 0 Å².